The molecule has 0 unspecified atom stereocenters. The van der Waals surface area contributed by atoms with Crippen LogP contribution in [0, 0.1) is 0 Å². The van der Waals surface area contributed by atoms with Crippen molar-refractivity contribution in [2.45, 2.75) is 45.5 Å². The number of hydrogen-bond acceptors (Lipinski definition) is 2. The Hall–Kier alpha value is -0.340. The van der Waals surface area contributed by atoms with Crippen LogP contribution >= 0.6 is 0 Å². The van der Waals surface area contributed by atoms with E-state index in [1.54, 1.807) is 0 Å². The van der Waals surface area contributed by atoms with Crippen molar-refractivity contribution in [2.24, 2.45) is 0 Å². The highest BCUT2D eigenvalue weighted by Crippen LogP contribution is 2.15. The molecule has 1 rings (SSSR count). The van der Waals surface area contributed by atoms with Gasteiger partial charge in [0, 0.05) is 0 Å². The van der Waals surface area contributed by atoms with E-state index in [4.69, 9.17) is 9.47 Å². The van der Waals surface area contributed by atoms with Crippen molar-refractivity contribution < 1.29 is 9.47 Å². The minimum absolute atomic E-state index is 0.0150. The van der Waals surface area contributed by atoms with E-state index in [1.807, 2.05) is 6.92 Å². The van der Waals surface area contributed by atoms with Crippen molar-refractivity contribution in [1.29, 1.82) is 0 Å². The maximum absolute atomic E-state index is 5.56. The quantitative estimate of drug-likeness (QED) is 0.606. The second-order valence-electron chi connectivity index (χ2n) is 3.10. The molecule has 70 valence electrons. The van der Waals surface area contributed by atoms with Crippen molar-refractivity contribution in [2.75, 3.05) is 6.61 Å². The Bertz CT molecular complexity index is 143. The standard InChI is InChI=1S/C10H18O2/c1-3-4-5-6-10-7-8-11-9(2)12-10/h4-5,9-10H,3,6-8H2,1-2H3/b5-4-/t9-,10+/m0/s1. The molecule has 2 heteroatoms. The SMILES string of the molecule is CC/C=C\C[C@@H]1CCO[C@H](C)O1. The van der Waals surface area contributed by atoms with Crippen LogP contribution in [0.15, 0.2) is 12.2 Å². The molecule has 0 N–H and O–H groups in total. The summed E-state index contributed by atoms with van der Waals surface area (Å²) in [6.45, 7) is 4.94. The van der Waals surface area contributed by atoms with Gasteiger partial charge in [0.05, 0.1) is 12.7 Å². The maximum Gasteiger partial charge on any atom is 0.155 e. The van der Waals surface area contributed by atoms with E-state index in [1.165, 1.54) is 0 Å². The number of hydrogen-bond donors (Lipinski definition) is 0. The molecule has 12 heavy (non-hydrogen) atoms. The van der Waals surface area contributed by atoms with Crippen molar-refractivity contribution in [3.8, 4) is 0 Å². The Morgan fingerprint density at radius 3 is 2.92 bits per heavy atom. The first-order valence-electron chi connectivity index (χ1n) is 4.75. The van der Waals surface area contributed by atoms with Gasteiger partial charge in [-0.25, -0.2) is 0 Å². The minimum Gasteiger partial charge on any atom is -0.353 e. The van der Waals surface area contributed by atoms with Crippen LogP contribution in [0.1, 0.15) is 33.1 Å². The normalized spacial score (nSPS) is 31.2. The monoisotopic (exact) mass is 170 g/mol. The molecule has 1 saturated heterocycles. The third-order valence-corrected chi connectivity index (χ3v) is 1.98. The van der Waals surface area contributed by atoms with Gasteiger partial charge in [-0.15, -0.1) is 0 Å². The van der Waals surface area contributed by atoms with E-state index in [0.29, 0.717) is 6.10 Å². The smallest absolute Gasteiger partial charge is 0.155 e. The zero-order valence-corrected chi connectivity index (χ0v) is 7.95. The number of ether oxygens (including phenoxy) is 2. The zero-order chi connectivity index (χ0) is 8.81. The van der Waals surface area contributed by atoms with Crippen molar-refractivity contribution >= 4 is 0 Å². The maximum atomic E-state index is 5.56. The third-order valence-electron chi connectivity index (χ3n) is 1.98. The van der Waals surface area contributed by atoms with Crippen LogP contribution in [0.5, 0.6) is 0 Å². The molecular formula is C10H18O2. The Morgan fingerprint density at radius 1 is 1.42 bits per heavy atom. The highest BCUT2D eigenvalue weighted by atomic mass is 16.7. The van der Waals surface area contributed by atoms with Crippen LogP contribution in [0.4, 0.5) is 0 Å². The largest absolute Gasteiger partial charge is 0.353 e. The summed E-state index contributed by atoms with van der Waals surface area (Å²) in [5.74, 6) is 0. The van der Waals surface area contributed by atoms with Crippen molar-refractivity contribution in [3.05, 3.63) is 12.2 Å². The van der Waals surface area contributed by atoms with Crippen LogP contribution in [-0.4, -0.2) is 19.0 Å². The molecule has 2 nitrogen and oxygen atoms in total. The lowest BCUT2D eigenvalue weighted by Gasteiger charge is -2.27. The molecule has 0 saturated carbocycles. The second kappa shape index (κ2) is 5.33. The lowest BCUT2D eigenvalue weighted by molar-refractivity contribution is -0.201. The molecule has 0 bridgehead atoms. The minimum atomic E-state index is -0.0150. The van der Waals surface area contributed by atoms with Gasteiger partial charge in [-0.3, -0.25) is 0 Å². The summed E-state index contributed by atoms with van der Waals surface area (Å²) in [6, 6.07) is 0. The van der Waals surface area contributed by atoms with Gasteiger partial charge in [0.1, 0.15) is 0 Å². The van der Waals surface area contributed by atoms with Crippen LogP contribution in [0.2, 0.25) is 0 Å². The van der Waals surface area contributed by atoms with E-state index in [0.717, 1.165) is 25.9 Å². The van der Waals surface area contributed by atoms with E-state index in [-0.39, 0.29) is 6.29 Å². The van der Waals surface area contributed by atoms with Crippen LogP contribution in [0.3, 0.4) is 0 Å². The van der Waals surface area contributed by atoms with Gasteiger partial charge in [0.25, 0.3) is 0 Å². The van der Waals surface area contributed by atoms with Gasteiger partial charge in [0.2, 0.25) is 0 Å². The van der Waals surface area contributed by atoms with Crippen molar-refractivity contribution in [1.82, 2.24) is 0 Å². The highest BCUT2D eigenvalue weighted by Gasteiger charge is 2.17. The summed E-state index contributed by atoms with van der Waals surface area (Å²) >= 11 is 0. The molecule has 1 heterocycles. The highest BCUT2D eigenvalue weighted by molar-refractivity contribution is 4.84. The topological polar surface area (TPSA) is 18.5 Å². The molecule has 0 aromatic heterocycles. The molecule has 0 aromatic carbocycles. The van der Waals surface area contributed by atoms with Crippen LogP contribution in [-0.2, 0) is 9.47 Å². The van der Waals surface area contributed by atoms with Gasteiger partial charge in [0.15, 0.2) is 6.29 Å². The molecule has 1 fully saturated rings. The van der Waals surface area contributed by atoms with Crippen LogP contribution < -0.4 is 0 Å². The second-order valence-corrected chi connectivity index (χ2v) is 3.10. The Morgan fingerprint density at radius 2 is 2.25 bits per heavy atom. The molecule has 2 atom stereocenters. The fourth-order valence-corrected chi connectivity index (χ4v) is 1.33. The van der Waals surface area contributed by atoms with Gasteiger partial charge in [-0.05, 0) is 26.2 Å². The van der Waals surface area contributed by atoms with Crippen molar-refractivity contribution in [3.63, 3.8) is 0 Å². The molecule has 1 aliphatic rings. The first kappa shape index (κ1) is 9.75. The van der Waals surface area contributed by atoms with E-state index in [9.17, 15) is 0 Å². The molecule has 0 aromatic rings. The van der Waals surface area contributed by atoms with E-state index >= 15 is 0 Å². The molecule has 0 radical (unpaired) electrons. The molecule has 0 spiro atoms. The number of allylic oxidation sites excluding steroid dienone is 1. The first-order valence-corrected chi connectivity index (χ1v) is 4.75. The zero-order valence-electron chi connectivity index (χ0n) is 7.95. The Labute approximate surface area is 74.6 Å². The predicted molar refractivity (Wildman–Crippen MR) is 49.0 cm³/mol. The summed E-state index contributed by atoms with van der Waals surface area (Å²) < 4.78 is 10.8. The summed E-state index contributed by atoms with van der Waals surface area (Å²) in [6.07, 6.45) is 7.90. The summed E-state index contributed by atoms with van der Waals surface area (Å²) in [7, 11) is 0. The fourth-order valence-electron chi connectivity index (χ4n) is 1.33. The Balaban J connectivity index is 2.18. The lowest BCUT2D eigenvalue weighted by Crippen LogP contribution is -2.29. The van der Waals surface area contributed by atoms with Crippen LogP contribution in [0.25, 0.3) is 0 Å². The van der Waals surface area contributed by atoms with E-state index < -0.39 is 0 Å². The van der Waals surface area contributed by atoms with Gasteiger partial charge in [-0.2, -0.15) is 0 Å². The number of rotatable bonds is 3. The van der Waals surface area contributed by atoms with Gasteiger partial charge >= 0.3 is 0 Å². The van der Waals surface area contributed by atoms with Gasteiger partial charge in [-0.1, -0.05) is 19.1 Å². The molecule has 0 amide bonds. The molecule has 0 aliphatic carbocycles. The first-order chi connectivity index (χ1) is 5.83. The average Bonchev–Trinajstić information content (AvgIpc) is 2.05. The third kappa shape index (κ3) is 3.37. The summed E-state index contributed by atoms with van der Waals surface area (Å²) in [5, 5.41) is 0. The summed E-state index contributed by atoms with van der Waals surface area (Å²) in [5.41, 5.74) is 0. The lowest BCUT2D eigenvalue weighted by atomic mass is 10.1. The molecule has 1 aliphatic heterocycles. The predicted octanol–water partition coefficient (Wildman–Crippen LogP) is 2.49. The summed E-state index contributed by atoms with van der Waals surface area (Å²) in [4.78, 5) is 0. The average molecular weight is 170 g/mol. The van der Waals surface area contributed by atoms with E-state index in [2.05, 4.69) is 19.1 Å². The van der Waals surface area contributed by atoms with Gasteiger partial charge < -0.3 is 9.47 Å². The fraction of sp³-hybridized carbons (Fsp3) is 0.800. The Kier molecular flexibility index (Phi) is 4.33. The molecular weight excluding hydrogens is 152 g/mol.